The van der Waals surface area contributed by atoms with Gasteiger partial charge in [-0.2, -0.15) is 22.9 Å². The molecule has 0 atom stereocenters. The number of hydrogen-bond donors (Lipinski definition) is 0. The van der Waals surface area contributed by atoms with Crippen LogP contribution in [0, 0.1) is 0 Å². The maximum atomic E-state index is 5.07. The Bertz CT molecular complexity index is 74.6. The molecule has 0 aromatic heterocycles. The van der Waals surface area contributed by atoms with Crippen molar-refractivity contribution in [2.24, 2.45) is 0 Å². The molecule has 89 valence electrons. The van der Waals surface area contributed by atoms with Gasteiger partial charge in [0, 0.05) is 26.4 Å². The van der Waals surface area contributed by atoms with E-state index in [2.05, 4.69) is 22.9 Å². The summed E-state index contributed by atoms with van der Waals surface area (Å²) in [6, 6.07) is 0. The highest BCUT2D eigenvalue weighted by Gasteiger charge is 1.95. The van der Waals surface area contributed by atoms with Crippen molar-refractivity contribution in [2.75, 3.05) is 26.4 Å². The Morgan fingerprint density at radius 2 is 0.867 bits per heavy atom. The summed E-state index contributed by atoms with van der Waals surface area (Å²) in [6.45, 7) is 4.00. The van der Waals surface area contributed by atoms with Crippen molar-refractivity contribution in [3.05, 3.63) is 0 Å². The van der Waals surface area contributed by atoms with Crippen LogP contribution in [0.5, 0.6) is 0 Å². The lowest BCUT2D eigenvalue weighted by Crippen LogP contribution is -2.03. The fourth-order valence-electron chi connectivity index (χ4n) is 1.37. The van der Waals surface area contributed by atoms with Crippen LogP contribution in [0.25, 0.3) is 0 Å². The molecule has 15 heavy (non-hydrogen) atoms. The van der Waals surface area contributed by atoms with Gasteiger partial charge < -0.3 is 9.47 Å². The van der Waals surface area contributed by atoms with E-state index in [1.54, 1.807) is 0 Å². The second kappa shape index (κ2) is 14.6. The van der Waals surface area contributed by atoms with Crippen molar-refractivity contribution in [1.82, 2.24) is 0 Å². The second-order valence-electron chi connectivity index (χ2n) is 3.43. The maximum absolute atomic E-state index is 5.07. The Labute approximate surface area is 104 Å². The molecule has 2 fully saturated rings. The van der Waals surface area contributed by atoms with Gasteiger partial charge in [-0.15, -0.1) is 0 Å². The molecule has 1 radical (unpaired) electrons. The molecule has 0 saturated carbocycles. The van der Waals surface area contributed by atoms with E-state index in [0.717, 1.165) is 32.5 Å². The number of hydrogen-bond acceptors (Lipinski definition) is 2. The van der Waals surface area contributed by atoms with Crippen LogP contribution in [0.3, 0.4) is 0 Å². The van der Waals surface area contributed by atoms with Crippen LogP contribution in [0.4, 0.5) is 0 Å². The first-order valence-electron chi connectivity index (χ1n) is 5.59. The Morgan fingerprint density at radius 3 is 0.933 bits per heavy atom. The molecule has 0 unspecified atom stereocenters. The third kappa shape index (κ3) is 14.6. The van der Waals surface area contributed by atoms with Gasteiger partial charge in [-0.25, -0.2) is 0 Å². The SMILES string of the molecule is C1CCOCC1.C1CCOCC1.Cl[B]Cl. The molecule has 2 aliphatic rings. The molecule has 2 nitrogen and oxygen atoms in total. The van der Waals surface area contributed by atoms with E-state index in [1.807, 2.05) is 0 Å². The second-order valence-corrected chi connectivity index (χ2v) is 4.09. The zero-order valence-electron chi connectivity index (χ0n) is 9.22. The summed E-state index contributed by atoms with van der Waals surface area (Å²) in [7, 11) is 0. The summed E-state index contributed by atoms with van der Waals surface area (Å²) < 4.78 is 10.1. The van der Waals surface area contributed by atoms with Crippen molar-refractivity contribution >= 4 is 29.0 Å². The molecule has 0 amide bonds. The van der Waals surface area contributed by atoms with Gasteiger partial charge in [0.25, 0.3) is 0 Å². The molecule has 2 rings (SSSR count). The first-order chi connectivity index (χ1) is 7.41. The van der Waals surface area contributed by atoms with E-state index < -0.39 is 0 Å². The Hall–Kier alpha value is 0.565. The van der Waals surface area contributed by atoms with Gasteiger partial charge in [-0.3, -0.25) is 0 Å². The van der Waals surface area contributed by atoms with Crippen LogP contribution >= 0.6 is 22.9 Å². The quantitative estimate of drug-likeness (QED) is 0.617. The van der Waals surface area contributed by atoms with Gasteiger partial charge in [0.15, 0.2) is 0 Å². The van der Waals surface area contributed by atoms with Crippen molar-refractivity contribution in [1.29, 1.82) is 0 Å². The standard InChI is InChI=1S/2C5H10O.BCl2/c2*1-2-4-6-5-3-1;2-1-3/h2*1-5H2;. The van der Waals surface area contributed by atoms with Gasteiger partial charge in [-0.05, 0) is 38.5 Å². The van der Waals surface area contributed by atoms with Gasteiger partial charge >= 0.3 is 6.11 Å². The highest BCUT2D eigenvalue weighted by molar-refractivity contribution is 7.22. The maximum Gasteiger partial charge on any atom is 0.357 e. The zero-order chi connectivity index (χ0) is 11.2. The normalized spacial score (nSPS) is 20.1. The summed E-state index contributed by atoms with van der Waals surface area (Å²) in [5.74, 6) is 0. The predicted octanol–water partition coefficient (Wildman–Crippen LogP) is 3.37. The molecule has 0 aliphatic carbocycles. The molecular weight excluding hydrogens is 234 g/mol. The lowest BCUT2D eigenvalue weighted by Gasteiger charge is -2.08. The third-order valence-corrected chi connectivity index (χ3v) is 2.15. The van der Waals surface area contributed by atoms with Crippen molar-refractivity contribution in [2.45, 2.75) is 38.5 Å². The molecular formula is C10H20BCl2O2. The van der Waals surface area contributed by atoms with Crippen LogP contribution in [0.15, 0.2) is 0 Å². The number of ether oxygens (including phenoxy) is 2. The largest absolute Gasteiger partial charge is 0.381 e. The van der Waals surface area contributed by atoms with Gasteiger partial charge in [-0.1, -0.05) is 0 Å². The Morgan fingerprint density at radius 1 is 0.600 bits per heavy atom. The van der Waals surface area contributed by atoms with E-state index in [1.165, 1.54) is 38.5 Å². The monoisotopic (exact) mass is 253 g/mol. The summed E-state index contributed by atoms with van der Waals surface area (Å²) in [6.07, 6.45) is 8.81. The lowest BCUT2D eigenvalue weighted by atomic mass is 10.2. The van der Waals surface area contributed by atoms with Gasteiger partial charge in [0.05, 0.1) is 0 Å². The minimum absolute atomic E-state index is 0.944. The van der Waals surface area contributed by atoms with E-state index in [-0.39, 0.29) is 0 Å². The summed E-state index contributed by atoms with van der Waals surface area (Å²) >= 11 is 9.28. The lowest BCUT2D eigenvalue weighted by molar-refractivity contribution is 0.0967. The zero-order valence-corrected chi connectivity index (χ0v) is 10.7. The molecule has 2 saturated heterocycles. The first-order valence-corrected chi connectivity index (χ1v) is 6.46. The minimum atomic E-state index is 0.944. The Kier molecular flexibility index (Phi) is 15.1. The molecule has 0 N–H and O–H groups in total. The highest BCUT2D eigenvalue weighted by atomic mass is 35.5. The molecule has 0 spiro atoms. The molecule has 0 aromatic carbocycles. The van der Waals surface area contributed by atoms with Crippen LogP contribution < -0.4 is 0 Å². The van der Waals surface area contributed by atoms with Crippen molar-refractivity contribution < 1.29 is 9.47 Å². The van der Waals surface area contributed by atoms with E-state index in [0.29, 0.717) is 0 Å². The fourth-order valence-corrected chi connectivity index (χ4v) is 1.37. The smallest absolute Gasteiger partial charge is 0.357 e. The van der Waals surface area contributed by atoms with Crippen LogP contribution in [-0.2, 0) is 9.47 Å². The van der Waals surface area contributed by atoms with Crippen LogP contribution in [0.2, 0.25) is 0 Å². The molecule has 0 bridgehead atoms. The minimum Gasteiger partial charge on any atom is -0.381 e. The van der Waals surface area contributed by atoms with Gasteiger partial charge in [0.2, 0.25) is 0 Å². The molecule has 2 heterocycles. The summed E-state index contributed by atoms with van der Waals surface area (Å²) in [5, 5.41) is 0. The molecule has 0 aromatic rings. The highest BCUT2D eigenvalue weighted by Crippen LogP contribution is 2.02. The van der Waals surface area contributed by atoms with E-state index in [4.69, 9.17) is 9.47 Å². The van der Waals surface area contributed by atoms with E-state index in [9.17, 15) is 0 Å². The first kappa shape index (κ1) is 15.6. The van der Waals surface area contributed by atoms with Gasteiger partial charge in [0.1, 0.15) is 0 Å². The average molecular weight is 254 g/mol. The van der Waals surface area contributed by atoms with Crippen LogP contribution in [-0.4, -0.2) is 32.5 Å². The predicted molar refractivity (Wildman–Crippen MR) is 66.8 cm³/mol. The average Bonchev–Trinajstić information content (AvgIpc) is 2.35. The topological polar surface area (TPSA) is 18.5 Å². The summed E-state index contributed by atoms with van der Waals surface area (Å²) in [5.41, 5.74) is 0. The third-order valence-electron chi connectivity index (χ3n) is 2.15. The van der Waals surface area contributed by atoms with Crippen LogP contribution in [0.1, 0.15) is 38.5 Å². The van der Waals surface area contributed by atoms with Crippen molar-refractivity contribution in [3.63, 3.8) is 0 Å². The number of rotatable bonds is 0. The van der Waals surface area contributed by atoms with E-state index >= 15 is 0 Å². The van der Waals surface area contributed by atoms with Crippen molar-refractivity contribution in [3.8, 4) is 0 Å². The fraction of sp³-hybridized carbons (Fsp3) is 1.00. The number of halogens is 2. The Balaban J connectivity index is 0.000000210. The summed E-state index contributed by atoms with van der Waals surface area (Å²) in [4.78, 5) is 0. The molecule has 5 heteroatoms. The molecule has 2 aliphatic heterocycles.